The molecule has 104 valence electrons. The molecule has 1 N–H and O–H groups in total. The number of Topliss-reactive ketones (excluding diaryl/α,β-unsaturated/α-hetero) is 1. The van der Waals surface area contributed by atoms with Crippen molar-refractivity contribution in [3.8, 4) is 5.75 Å². The second-order valence-electron chi connectivity index (χ2n) is 5.23. The van der Waals surface area contributed by atoms with Gasteiger partial charge in [-0.1, -0.05) is 6.42 Å². The molecule has 1 aromatic rings. The van der Waals surface area contributed by atoms with Crippen molar-refractivity contribution in [3.63, 3.8) is 0 Å². The number of rotatable bonds is 4. The molecule has 0 aromatic heterocycles. The molecule has 1 saturated heterocycles. The van der Waals surface area contributed by atoms with Crippen molar-refractivity contribution < 1.29 is 9.53 Å². The van der Waals surface area contributed by atoms with E-state index in [1.54, 1.807) is 0 Å². The fraction of sp³-hybridized carbons (Fsp3) is 0.562. The van der Waals surface area contributed by atoms with Crippen LogP contribution in [0.3, 0.4) is 0 Å². The third-order valence-electron chi connectivity index (χ3n) is 3.71. The lowest BCUT2D eigenvalue weighted by Gasteiger charge is -2.23. The minimum Gasteiger partial charge on any atom is -0.494 e. The van der Waals surface area contributed by atoms with Crippen LogP contribution in [0.1, 0.15) is 47.7 Å². The van der Waals surface area contributed by atoms with E-state index in [9.17, 15) is 4.79 Å². The molecule has 19 heavy (non-hydrogen) atoms. The molecule has 1 atom stereocenters. The summed E-state index contributed by atoms with van der Waals surface area (Å²) in [5.74, 6) is 1.11. The Morgan fingerprint density at radius 3 is 2.74 bits per heavy atom. The minimum atomic E-state index is -0.00945. The van der Waals surface area contributed by atoms with E-state index in [1.807, 2.05) is 32.9 Å². The maximum atomic E-state index is 12.5. The van der Waals surface area contributed by atoms with Gasteiger partial charge in [0.25, 0.3) is 0 Å². The molecule has 1 aromatic carbocycles. The van der Waals surface area contributed by atoms with E-state index in [4.69, 9.17) is 4.74 Å². The topological polar surface area (TPSA) is 38.3 Å². The van der Waals surface area contributed by atoms with Crippen molar-refractivity contribution in [1.29, 1.82) is 0 Å². The zero-order valence-corrected chi connectivity index (χ0v) is 12.1. The van der Waals surface area contributed by atoms with E-state index in [1.165, 1.54) is 6.42 Å². The molecular formula is C16H23NO2. The van der Waals surface area contributed by atoms with Crippen molar-refractivity contribution in [3.05, 3.63) is 28.8 Å². The number of carbonyl (C=O) groups excluding carboxylic acids is 1. The van der Waals surface area contributed by atoms with Gasteiger partial charge in [-0.25, -0.2) is 0 Å². The van der Waals surface area contributed by atoms with Crippen molar-refractivity contribution in [2.75, 3.05) is 13.2 Å². The van der Waals surface area contributed by atoms with Crippen LogP contribution < -0.4 is 10.1 Å². The van der Waals surface area contributed by atoms with E-state index in [2.05, 4.69) is 5.32 Å². The fourth-order valence-corrected chi connectivity index (χ4v) is 2.63. The van der Waals surface area contributed by atoms with E-state index in [-0.39, 0.29) is 11.8 Å². The van der Waals surface area contributed by atoms with Gasteiger partial charge in [0.15, 0.2) is 5.78 Å². The average Bonchev–Trinajstić information content (AvgIpc) is 2.43. The third-order valence-corrected chi connectivity index (χ3v) is 3.71. The average molecular weight is 261 g/mol. The fourth-order valence-electron chi connectivity index (χ4n) is 2.63. The molecular weight excluding hydrogens is 238 g/mol. The summed E-state index contributed by atoms with van der Waals surface area (Å²) < 4.78 is 5.57. The van der Waals surface area contributed by atoms with Crippen LogP contribution in [-0.2, 0) is 0 Å². The van der Waals surface area contributed by atoms with E-state index in [0.717, 1.165) is 41.8 Å². The monoisotopic (exact) mass is 261 g/mol. The van der Waals surface area contributed by atoms with Gasteiger partial charge in [-0.2, -0.15) is 0 Å². The van der Waals surface area contributed by atoms with Crippen LogP contribution >= 0.6 is 0 Å². The first-order chi connectivity index (χ1) is 9.13. The summed E-state index contributed by atoms with van der Waals surface area (Å²) in [6.45, 7) is 7.55. The van der Waals surface area contributed by atoms with E-state index >= 15 is 0 Å². The van der Waals surface area contributed by atoms with Gasteiger partial charge < -0.3 is 10.1 Å². The van der Waals surface area contributed by atoms with Crippen molar-refractivity contribution in [2.45, 2.75) is 46.1 Å². The standard InChI is InChI=1S/C16H23NO2/c1-4-19-15-10-11(2)13(9-12(15)3)16(18)14-7-5-6-8-17-14/h9-10,14,17H,4-8H2,1-3H3. The number of carbonyl (C=O) groups is 1. The van der Waals surface area contributed by atoms with Crippen LogP contribution in [0.15, 0.2) is 12.1 Å². The number of ether oxygens (including phenoxy) is 1. The SMILES string of the molecule is CCOc1cc(C)c(C(=O)C2CCCCN2)cc1C. The summed E-state index contributed by atoms with van der Waals surface area (Å²) in [6, 6.07) is 3.94. The molecule has 1 aliphatic rings. The number of ketones is 1. The molecule has 0 saturated carbocycles. The van der Waals surface area contributed by atoms with Gasteiger partial charge in [-0.05, 0) is 63.4 Å². The van der Waals surface area contributed by atoms with Crippen LogP contribution in [0.25, 0.3) is 0 Å². The summed E-state index contributed by atoms with van der Waals surface area (Å²) in [5, 5.41) is 3.32. The normalized spacial score (nSPS) is 19.2. The number of benzene rings is 1. The molecule has 2 rings (SSSR count). The first-order valence-corrected chi connectivity index (χ1v) is 7.15. The van der Waals surface area contributed by atoms with Crippen LogP contribution in [0.5, 0.6) is 5.75 Å². The van der Waals surface area contributed by atoms with Crippen molar-refractivity contribution in [1.82, 2.24) is 5.32 Å². The predicted molar refractivity (Wildman–Crippen MR) is 77.1 cm³/mol. The lowest BCUT2D eigenvalue weighted by Crippen LogP contribution is -2.40. The Kier molecular flexibility index (Phi) is 4.59. The van der Waals surface area contributed by atoms with E-state index in [0.29, 0.717) is 6.61 Å². The molecule has 3 heteroatoms. The second kappa shape index (κ2) is 6.20. The first-order valence-electron chi connectivity index (χ1n) is 7.15. The lowest BCUT2D eigenvalue weighted by atomic mass is 9.92. The van der Waals surface area contributed by atoms with Gasteiger partial charge in [0, 0.05) is 5.56 Å². The summed E-state index contributed by atoms with van der Waals surface area (Å²) in [4.78, 5) is 12.5. The molecule has 0 bridgehead atoms. The Morgan fingerprint density at radius 1 is 1.32 bits per heavy atom. The second-order valence-corrected chi connectivity index (χ2v) is 5.23. The molecule has 1 heterocycles. The molecule has 3 nitrogen and oxygen atoms in total. The Bertz CT molecular complexity index is 462. The highest BCUT2D eigenvalue weighted by Crippen LogP contribution is 2.25. The summed E-state index contributed by atoms with van der Waals surface area (Å²) in [5.41, 5.74) is 2.87. The van der Waals surface area contributed by atoms with Crippen molar-refractivity contribution >= 4 is 5.78 Å². The molecule has 0 aliphatic carbocycles. The Labute approximate surface area is 115 Å². The maximum absolute atomic E-state index is 12.5. The van der Waals surface area contributed by atoms with E-state index < -0.39 is 0 Å². The molecule has 0 spiro atoms. The zero-order valence-electron chi connectivity index (χ0n) is 12.1. The molecule has 1 aliphatic heterocycles. The van der Waals surface area contributed by atoms with Gasteiger partial charge in [0.1, 0.15) is 5.75 Å². The third kappa shape index (κ3) is 3.16. The Hall–Kier alpha value is -1.35. The summed E-state index contributed by atoms with van der Waals surface area (Å²) >= 11 is 0. The number of nitrogens with one attached hydrogen (secondary N) is 1. The number of aryl methyl sites for hydroxylation is 2. The smallest absolute Gasteiger partial charge is 0.180 e. The van der Waals surface area contributed by atoms with Crippen molar-refractivity contribution in [2.24, 2.45) is 0 Å². The summed E-state index contributed by atoms with van der Waals surface area (Å²) in [7, 11) is 0. The number of piperidine rings is 1. The zero-order chi connectivity index (χ0) is 13.8. The molecule has 0 radical (unpaired) electrons. The predicted octanol–water partition coefficient (Wildman–Crippen LogP) is 3.03. The van der Waals surface area contributed by atoms with Gasteiger partial charge in [0.05, 0.1) is 12.6 Å². The van der Waals surface area contributed by atoms with Crippen LogP contribution in [0.4, 0.5) is 0 Å². The summed E-state index contributed by atoms with van der Waals surface area (Å²) in [6.07, 6.45) is 3.26. The van der Waals surface area contributed by atoms with Crippen LogP contribution in [0.2, 0.25) is 0 Å². The highest BCUT2D eigenvalue weighted by Gasteiger charge is 2.23. The molecule has 1 unspecified atom stereocenters. The van der Waals surface area contributed by atoms with Gasteiger partial charge in [-0.3, -0.25) is 4.79 Å². The van der Waals surface area contributed by atoms with Gasteiger partial charge in [0.2, 0.25) is 0 Å². The first kappa shape index (κ1) is 14.1. The minimum absolute atomic E-state index is 0.00945. The quantitative estimate of drug-likeness (QED) is 0.847. The maximum Gasteiger partial charge on any atom is 0.180 e. The molecule has 0 amide bonds. The highest BCUT2D eigenvalue weighted by molar-refractivity contribution is 6.01. The largest absolute Gasteiger partial charge is 0.494 e. The number of hydrogen-bond acceptors (Lipinski definition) is 3. The Morgan fingerprint density at radius 2 is 2.11 bits per heavy atom. The highest BCUT2D eigenvalue weighted by atomic mass is 16.5. The van der Waals surface area contributed by atoms with Gasteiger partial charge in [-0.15, -0.1) is 0 Å². The number of hydrogen-bond donors (Lipinski definition) is 1. The Balaban J connectivity index is 2.24. The van der Waals surface area contributed by atoms with Gasteiger partial charge >= 0.3 is 0 Å². The lowest BCUT2D eigenvalue weighted by molar-refractivity contribution is 0.0926. The molecule has 1 fully saturated rings. The van der Waals surface area contributed by atoms with Crippen LogP contribution in [0, 0.1) is 13.8 Å². The van der Waals surface area contributed by atoms with Crippen LogP contribution in [-0.4, -0.2) is 25.0 Å².